The summed E-state index contributed by atoms with van der Waals surface area (Å²) in [5.41, 5.74) is 1.10. The van der Waals surface area contributed by atoms with E-state index in [2.05, 4.69) is 4.98 Å². The Labute approximate surface area is 83.9 Å². The fourth-order valence-electron chi connectivity index (χ4n) is 1.02. The molecule has 0 aliphatic carbocycles. The molecule has 1 aromatic heterocycles. The van der Waals surface area contributed by atoms with E-state index in [9.17, 15) is 0 Å². The van der Waals surface area contributed by atoms with E-state index in [1.54, 1.807) is 13.1 Å². The van der Waals surface area contributed by atoms with Crippen molar-refractivity contribution in [2.75, 3.05) is 6.61 Å². The molecule has 3 heteroatoms. The van der Waals surface area contributed by atoms with Gasteiger partial charge in [-0.15, -0.1) is 0 Å². The molecule has 0 bridgehead atoms. The molecule has 2 nitrogen and oxygen atoms in total. The molecular weight excluding hydrogens is 182 g/mol. The van der Waals surface area contributed by atoms with E-state index in [0.717, 1.165) is 18.5 Å². The number of rotatable bonds is 4. The zero-order chi connectivity index (χ0) is 9.52. The van der Waals surface area contributed by atoms with Crippen LogP contribution < -0.4 is 0 Å². The largest absolute Gasteiger partial charge is 0.487 e. The molecule has 0 fully saturated rings. The standard InChI is InChI=1S/C10H13NOS/c1-9(13)12-8-4-6-10-5-2-3-7-11-10/h2-3,5,7H,4,6,8H2,1H3. The quantitative estimate of drug-likeness (QED) is 0.544. The number of pyridine rings is 1. The van der Waals surface area contributed by atoms with E-state index in [0.29, 0.717) is 11.7 Å². The number of aryl methyl sites for hydroxylation is 1. The van der Waals surface area contributed by atoms with Gasteiger partial charge in [-0.2, -0.15) is 0 Å². The molecule has 0 saturated carbocycles. The van der Waals surface area contributed by atoms with E-state index in [-0.39, 0.29) is 0 Å². The molecule has 70 valence electrons. The van der Waals surface area contributed by atoms with Gasteiger partial charge in [0, 0.05) is 18.8 Å². The molecule has 1 aromatic rings. The number of aromatic nitrogens is 1. The van der Waals surface area contributed by atoms with Crippen LogP contribution in [0.4, 0.5) is 0 Å². The van der Waals surface area contributed by atoms with E-state index in [1.807, 2.05) is 18.2 Å². The van der Waals surface area contributed by atoms with Gasteiger partial charge in [0.15, 0.2) is 5.05 Å². The Kier molecular flexibility index (Phi) is 4.40. The average Bonchev–Trinajstić information content (AvgIpc) is 2.14. The van der Waals surface area contributed by atoms with Crippen molar-refractivity contribution in [1.29, 1.82) is 0 Å². The van der Waals surface area contributed by atoms with E-state index in [1.165, 1.54) is 0 Å². The Bertz CT molecular complexity index is 261. The molecule has 0 saturated heterocycles. The second kappa shape index (κ2) is 5.65. The van der Waals surface area contributed by atoms with Crippen LogP contribution in [0.15, 0.2) is 24.4 Å². The lowest BCUT2D eigenvalue weighted by Crippen LogP contribution is -2.00. The van der Waals surface area contributed by atoms with Gasteiger partial charge >= 0.3 is 0 Å². The first-order chi connectivity index (χ1) is 6.29. The normalized spacial score (nSPS) is 9.62. The fourth-order valence-corrected chi connectivity index (χ4v) is 1.10. The first kappa shape index (κ1) is 10.1. The van der Waals surface area contributed by atoms with Gasteiger partial charge in [0.25, 0.3) is 0 Å². The Morgan fingerprint density at radius 3 is 3.00 bits per heavy atom. The maximum absolute atomic E-state index is 5.17. The zero-order valence-electron chi connectivity index (χ0n) is 7.69. The Morgan fingerprint density at radius 2 is 2.38 bits per heavy atom. The van der Waals surface area contributed by atoms with Crippen LogP contribution in [0.1, 0.15) is 19.0 Å². The molecule has 13 heavy (non-hydrogen) atoms. The Hall–Kier alpha value is -0.960. The maximum atomic E-state index is 5.17. The van der Waals surface area contributed by atoms with Gasteiger partial charge in [-0.1, -0.05) is 6.07 Å². The van der Waals surface area contributed by atoms with Crippen LogP contribution in [0.25, 0.3) is 0 Å². The van der Waals surface area contributed by atoms with Crippen molar-refractivity contribution in [3.05, 3.63) is 30.1 Å². The molecule has 0 unspecified atom stereocenters. The summed E-state index contributed by atoms with van der Waals surface area (Å²) >= 11 is 4.79. The highest BCUT2D eigenvalue weighted by Crippen LogP contribution is 1.98. The maximum Gasteiger partial charge on any atom is 0.156 e. The van der Waals surface area contributed by atoms with Crippen LogP contribution in [0.2, 0.25) is 0 Å². The number of hydrogen-bond acceptors (Lipinski definition) is 3. The van der Waals surface area contributed by atoms with Crippen molar-refractivity contribution in [3.8, 4) is 0 Å². The number of ether oxygens (including phenoxy) is 1. The summed E-state index contributed by atoms with van der Waals surface area (Å²) in [5, 5.41) is 0.612. The summed E-state index contributed by atoms with van der Waals surface area (Å²) in [6, 6.07) is 5.93. The summed E-state index contributed by atoms with van der Waals surface area (Å²) in [4.78, 5) is 4.21. The van der Waals surface area contributed by atoms with Crippen LogP contribution in [0, 0.1) is 0 Å². The smallest absolute Gasteiger partial charge is 0.156 e. The third-order valence-electron chi connectivity index (χ3n) is 1.61. The highest BCUT2D eigenvalue weighted by atomic mass is 32.1. The molecule has 0 aromatic carbocycles. The first-order valence-electron chi connectivity index (χ1n) is 4.32. The minimum absolute atomic E-state index is 0.612. The second-order valence-electron chi connectivity index (χ2n) is 2.76. The van der Waals surface area contributed by atoms with Crippen molar-refractivity contribution in [2.24, 2.45) is 0 Å². The summed E-state index contributed by atoms with van der Waals surface area (Å²) in [6.45, 7) is 2.47. The Morgan fingerprint density at radius 1 is 1.54 bits per heavy atom. The van der Waals surface area contributed by atoms with Crippen LogP contribution in [-0.4, -0.2) is 16.6 Å². The lowest BCUT2D eigenvalue weighted by molar-refractivity contribution is 0.303. The van der Waals surface area contributed by atoms with Gasteiger partial charge in [0.1, 0.15) is 0 Å². The molecule has 0 N–H and O–H groups in total. The van der Waals surface area contributed by atoms with Crippen molar-refractivity contribution >= 4 is 17.3 Å². The number of hydrogen-bond donors (Lipinski definition) is 0. The van der Waals surface area contributed by atoms with Crippen molar-refractivity contribution < 1.29 is 4.74 Å². The van der Waals surface area contributed by atoms with E-state index < -0.39 is 0 Å². The molecule has 1 heterocycles. The molecule has 0 atom stereocenters. The molecular formula is C10H13NOS. The SMILES string of the molecule is CC(=S)OCCCc1ccccn1. The highest BCUT2D eigenvalue weighted by Gasteiger charge is 1.93. The number of thiocarbonyl (C=S) groups is 1. The summed E-state index contributed by atoms with van der Waals surface area (Å²) in [5.74, 6) is 0. The molecule has 1 rings (SSSR count). The minimum Gasteiger partial charge on any atom is -0.487 e. The molecule has 0 radical (unpaired) electrons. The summed E-state index contributed by atoms with van der Waals surface area (Å²) in [6.07, 6.45) is 3.72. The van der Waals surface area contributed by atoms with Crippen molar-refractivity contribution in [3.63, 3.8) is 0 Å². The summed E-state index contributed by atoms with van der Waals surface area (Å²) in [7, 11) is 0. The predicted octanol–water partition coefficient (Wildman–Crippen LogP) is 2.38. The third kappa shape index (κ3) is 4.58. The molecule has 0 spiro atoms. The lowest BCUT2D eigenvalue weighted by Gasteiger charge is -2.02. The predicted molar refractivity (Wildman–Crippen MR) is 56.8 cm³/mol. The summed E-state index contributed by atoms with van der Waals surface area (Å²) < 4.78 is 5.17. The van der Waals surface area contributed by atoms with Crippen LogP contribution in [0.3, 0.4) is 0 Å². The van der Waals surface area contributed by atoms with Crippen LogP contribution >= 0.6 is 12.2 Å². The zero-order valence-corrected chi connectivity index (χ0v) is 8.51. The van der Waals surface area contributed by atoms with Crippen molar-refractivity contribution in [1.82, 2.24) is 4.98 Å². The van der Waals surface area contributed by atoms with E-state index >= 15 is 0 Å². The van der Waals surface area contributed by atoms with Gasteiger partial charge < -0.3 is 4.74 Å². The number of nitrogens with zero attached hydrogens (tertiary/aromatic N) is 1. The monoisotopic (exact) mass is 195 g/mol. The Balaban J connectivity index is 2.17. The highest BCUT2D eigenvalue weighted by molar-refractivity contribution is 7.80. The van der Waals surface area contributed by atoms with Gasteiger partial charge in [0.2, 0.25) is 0 Å². The molecule has 0 aliphatic rings. The topological polar surface area (TPSA) is 22.1 Å². The molecule has 0 aliphatic heterocycles. The van der Waals surface area contributed by atoms with Gasteiger partial charge in [-0.05, 0) is 37.2 Å². The van der Waals surface area contributed by atoms with Gasteiger partial charge in [-0.25, -0.2) is 0 Å². The lowest BCUT2D eigenvalue weighted by atomic mass is 10.2. The van der Waals surface area contributed by atoms with Crippen LogP contribution in [-0.2, 0) is 11.2 Å². The minimum atomic E-state index is 0.612. The molecule has 0 amide bonds. The first-order valence-corrected chi connectivity index (χ1v) is 4.73. The van der Waals surface area contributed by atoms with E-state index in [4.69, 9.17) is 17.0 Å². The van der Waals surface area contributed by atoms with Gasteiger partial charge in [0.05, 0.1) is 6.61 Å². The average molecular weight is 195 g/mol. The van der Waals surface area contributed by atoms with Gasteiger partial charge in [-0.3, -0.25) is 4.98 Å². The second-order valence-corrected chi connectivity index (χ2v) is 3.34. The van der Waals surface area contributed by atoms with Crippen molar-refractivity contribution in [2.45, 2.75) is 19.8 Å². The van der Waals surface area contributed by atoms with Crippen LogP contribution in [0.5, 0.6) is 0 Å². The fraction of sp³-hybridized carbons (Fsp3) is 0.400. The third-order valence-corrected chi connectivity index (χ3v) is 1.73.